The second-order valence-electron chi connectivity index (χ2n) is 5.23. The van der Waals surface area contributed by atoms with Gasteiger partial charge >= 0.3 is 0 Å². The first-order valence-electron chi connectivity index (χ1n) is 6.41. The highest BCUT2D eigenvalue weighted by atomic mass is 79.9. The molecule has 2 aliphatic heterocycles. The van der Waals surface area contributed by atoms with Crippen LogP contribution < -0.4 is 0 Å². The third-order valence-corrected chi connectivity index (χ3v) is 4.51. The Labute approximate surface area is 115 Å². The molecule has 2 bridgehead atoms. The highest BCUT2D eigenvalue weighted by molar-refractivity contribution is 9.10. The highest BCUT2D eigenvalue weighted by Gasteiger charge is 2.42. The van der Waals surface area contributed by atoms with E-state index in [1.54, 1.807) is 0 Å². The Balaban J connectivity index is 1.85. The molecular formula is C14H16BrNO2. The van der Waals surface area contributed by atoms with Gasteiger partial charge in [0.2, 0.25) is 0 Å². The SMILES string of the molecule is O=C(c1cccc(Br)c1)N1C2CCC1CC(O)C2. The Hall–Kier alpha value is -0.870. The second kappa shape index (κ2) is 4.67. The number of fused-ring (bicyclic) bond motifs is 2. The number of hydrogen-bond donors (Lipinski definition) is 1. The van der Waals surface area contributed by atoms with Crippen LogP contribution in [-0.2, 0) is 0 Å². The number of aliphatic hydroxyl groups excluding tert-OH is 1. The molecule has 18 heavy (non-hydrogen) atoms. The molecule has 1 amide bonds. The van der Waals surface area contributed by atoms with Crippen molar-refractivity contribution in [2.75, 3.05) is 0 Å². The molecule has 2 atom stereocenters. The normalized spacial score (nSPS) is 30.6. The van der Waals surface area contributed by atoms with Gasteiger partial charge in [0.15, 0.2) is 0 Å². The number of aliphatic hydroxyl groups is 1. The predicted molar refractivity (Wildman–Crippen MR) is 72.4 cm³/mol. The first kappa shape index (κ1) is 12.2. The van der Waals surface area contributed by atoms with Crippen LogP contribution in [-0.4, -0.2) is 34.1 Å². The van der Waals surface area contributed by atoms with E-state index in [0.29, 0.717) is 0 Å². The summed E-state index contributed by atoms with van der Waals surface area (Å²) in [6.07, 6.45) is 3.30. The molecule has 1 N–H and O–H groups in total. The summed E-state index contributed by atoms with van der Waals surface area (Å²) < 4.78 is 0.928. The number of nitrogens with zero attached hydrogens (tertiary/aromatic N) is 1. The topological polar surface area (TPSA) is 40.5 Å². The molecular weight excluding hydrogens is 294 g/mol. The Morgan fingerprint density at radius 2 is 1.94 bits per heavy atom. The van der Waals surface area contributed by atoms with Crippen LogP contribution in [0, 0.1) is 0 Å². The van der Waals surface area contributed by atoms with Crippen LogP contribution in [0.1, 0.15) is 36.0 Å². The average Bonchev–Trinajstić information content (AvgIpc) is 2.61. The van der Waals surface area contributed by atoms with Crippen molar-refractivity contribution in [2.45, 2.75) is 43.9 Å². The molecule has 96 valence electrons. The largest absolute Gasteiger partial charge is 0.393 e. The van der Waals surface area contributed by atoms with Gasteiger partial charge in [0.1, 0.15) is 0 Å². The number of carbonyl (C=O) groups is 1. The van der Waals surface area contributed by atoms with E-state index in [9.17, 15) is 9.90 Å². The van der Waals surface area contributed by atoms with Crippen molar-refractivity contribution in [2.24, 2.45) is 0 Å². The van der Waals surface area contributed by atoms with Crippen molar-refractivity contribution in [3.63, 3.8) is 0 Å². The molecule has 1 aromatic rings. The fourth-order valence-corrected chi connectivity index (χ4v) is 3.65. The van der Waals surface area contributed by atoms with Crippen molar-refractivity contribution < 1.29 is 9.90 Å². The van der Waals surface area contributed by atoms with Gasteiger partial charge in [0, 0.05) is 22.1 Å². The smallest absolute Gasteiger partial charge is 0.254 e. The first-order chi connectivity index (χ1) is 8.65. The van der Waals surface area contributed by atoms with Crippen molar-refractivity contribution >= 4 is 21.8 Å². The lowest BCUT2D eigenvalue weighted by atomic mass is 9.99. The van der Waals surface area contributed by atoms with Crippen molar-refractivity contribution in [3.05, 3.63) is 34.3 Å². The van der Waals surface area contributed by atoms with Gasteiger partial charge < -0.3 is 10.0 Å². The van der Waals surface area contributed by atoms with E-state index >= 15 is 0 Å². The average molecular weight is 310 g/mol. The molecule has 0 spiro atoms. The lowest BCUT2D eigenvalue weighted by molar-refractivity contribution is 0.0287. The second-order valence-corrected chi connectivity index (χ2v) is 6.15. The molecule has 2 unspecified atom stereocenters. The molecule has 0 radical (unpaired) electrons. The maximum Gasteiger partial charge on any atom is 0.254 e. The summed E-state index contributed by atoms with van der Waals surface area (Å²) >= 11 is 3.40. The molecule has 2 saturated heterocycles. The zero-order valence-corrected chi connectivity index (χ0v) is 11.6. The minimum atomic E-state index is -0.228. The number of amides is 1. The number of halogens is 1. The molecule has 2 aliphatic rings. The van der Waals surface area contributed by atoms with E-state index in [-0.39, 0.29) is 24.1 Å². The monoisotopic (exact) mass is 309 g/mol. The van der Waals surface area contributed by atoms with Gasteiger partial charge in [-0.05, 0) is 43.9 Å². The summed E-state index contributed by atoms with van der Waals surface area (Å²) in [6, 6.07) is 7.99. The summed E-state index contributed by atoms with van der Waals surface area (Å²) in [5.41, 5.74) is 0.734. The summed E-state index contributed by atoms with van der Waals surface area (Å²) in [7, 11) is 0. The van der Waals surface area contributed by atoms with Gasteiger partial charge in [-0.2, -0.15) is 0 Å². The minimum Gasteiger partial charge on any atom is -0.393 e. The zero-order valence-electron chi connectivity index (χ0n) is 10.1. The van der Waals surface area contributed by atoms with E-state index in [4.69, 9.17) is 0 Å². The molecule has 1 aromatic carbocycles. The predicted octanol–water partition coefficient (Wildman–Crippen LogP) is 2.58. The van der Waals surface area contributed by atoms with E-state index in [1.165, 1.54) is 0 Å². The van der Waals surface area contributed by atoms with Crippen molar-refractivity contribution in [1.82, 2.24) is 4.90 Å². The molecule has 2 fully saturated rings. The van der Waals surface area contributed by atoms with Gasteiger partial charge in [0.05, 0.1) is 6.10 Å². The third kappa shape index (κ3) is 2.08. The third-order valence-electron chi connectivity index (χ3n) is 4.01. The van der Waals surface area contributed by atoms with Crippen LogP contribution in [0.15, 0.2) is 28.7 Å². The van der Waals surface area contributed by atoms with Gasteiger partial charge in [-0.25, -0.2) is 0 Å². The van der Waals surface area contributed by atoms with Crippen LogP contribution in [0.4, 0.5) is 0 Å². The van der Waals surface area contributed by atoms with Crippen LogP contribution in [0.2, 0.25) is 0 Å². The van der Waals surface area contributed by atoms with Crippen LogP contribution in [0.25, 0.3) is 0 Å². The molecule has 4 heteroatoms. The Bertz CT molecular complexity index is 463. The Morgan fingerprint density at radius 3 is 2.56 bits per heavy atom. The molecule has 2 heterocycles. The van der Waals surface area contributed by atoms with E-state index in [2.05, 4.69) is 15.9 Å². The van der Waals surface area contributed by atoms with Crippen LogP contribution >= 0.6 is 15.9 Å². The minimum absolute atomic E-state index is 0.107. The van der Waals surface area contributed by atoms with Crippen LogP contribution in [0.3, 0.4) is 0 Å². The van der Waals surface area contributed by atoms with Crippen molar-refractivity contribution in [3.8, 4) is 0 Å². The number of carbonyl (C=O) groups excluding carboxylic acids is 1. The Kier molecular flexibility index (Phi) is 3.16. The fraction of sp³-hybridized carbons (Fsp3) is 0.500. The first-order valence-corrected chi connectivity index (χ1v) is 7.21. The number of rotatable bonds is 1. The molecule has 0 saturated carbocycles. The Morgan fingerprint density at radius 1 is 1.28 bits per heavy atom. The maximum absolute atomic E-state index is 12.5. The summed E-state index contributed by atoms with van der Waals surface area (Å²) in [4.78, 5) is 14.5. The summed E-state index contributed by atoms with van der Waals surface area (Å²) in [5, 5.41) is 9.76. The summed E-state index contributed by atoms with van der Waals surface area (Å²) in [6.45, 7) is 0. The van der Waals surface area contributed by atoms with Gasteiger partial charge in [-0.3, -0.25) is 4.79 Å². The molecule has 0 aromatic heterocycles. The molecule has 3 nitrogen and oxygen atoms in total. The number of piperidine rings is 1. The zero-order chi connectivity index (χ0) is 12.7. The molecule has 3 rings (SSSR count). The van der Waals surface area contributed by atoms with E-state index in [0.717, 1.165) is 35.7 Å². The maximum atomic E-state index is 12.5. The van der Waals surface area contributed by atoms with Gasteiger partial charge in [-0.15, -0.1) is 0 Å². The van der Waals surface area contributed by atoms with Crippen LogP contribution in [0.5, 0.6) is 0 Å². The highest BCUT2D eigenvalue weighted by Crippen LogP contribution is 2.36. The van der Waals surface area contributed by atoms with E-state index < -0.39 is 0 Å². The number of hydrogen-bond acceptors (Lipinski definition) is 2. The van der Waals surface area contributed by atoms with Crippen molar-refractivity contribution in [1.29, 1.82) is 0 Å². The lowest BCUT2D eigenvalue weighted by Crippen LogP contribution is -2.48. The standard InChI is InChI=1S/C14H16BrNO2/c15-10-3-1-2-9(6-10)14(18)16-11-4-5-12(16)8-13(17)7-11/h1-3,6,11-13,17H,4-5,7-8H2. The molecule has 0 aliphatic carbocycles. The number of benzene rings is 1. The fourth-order valence-electron chi connectivity index (χ4n) is 3.25. The van der Waals surface area contributed by atoms with E-state index in [1.807, 2.05) is 29.2 Å². The summed E-state index contributed by atoms with van der Waals surface area (Å²) in [5.74, 6) is 0.107. The quantitative estimate of drug-likeness (QED) is 0.866. The lowest BCUT2D eigenvalue weighted by Gasteiger charge is -2.37. The van der Waals surface area contributed by atoms with Gasteiger partial charge in [-0.1, -0.05) is 22.0 Å². The van der Waals surface area contributed by atoms with Gasteiger partial charge in [0.25, 0.3) is 5.91 Å².